The second-order valence-electron chi connectivity index (χ2n) is 5.05. The SMILES string of the molecule is CN(CCOc1ccc(F)cc1)CC1CCCCO1. The summed E-state index contributed by atoms with van der Waals surface area (Å²) in [5, 5.41) is 0. The fourth-order valence-corrected chi connectivity index (χ4v) is 2.24. The van der Waals surface area contributed by atoms with Crippen LogP contribution in [-0.4, -0.2) is 44.4 Å². The van der Waals surface area contributed by atoms with E-state index in [1.54, 1.807) is 12.1 Å². The lowest BCUT2D eigenvalue weighted by Crippen LogP contribution is -2.35. The van der Waals surface area contributed by atoms with Crippen molar-refractivity contribution in [1.29, 1.82) is 0 Å². The summed E-state index contributed by atoms with van der Waals surface area (Å²) >= 11 is 0. The van der Waals surface area contributed by atoms with E-state index in [9.17, 15) is 4.39 Å². The Morgan fingerprint density at radius 3 is 2.79 bits per heavy atom. The zero-order chi connectivity index (χ0) is 13.5. The zero-order valence-corrected chi connectivity index (χ0v) is 11.5. The number of hydrogen-bond acceptors (Lipinski definition) is 3. The maximum atomic E-state index is 12.7. The largest absolute Gasteiger partial charge is 0.492 e. The number of hydrogen-bond donors (Lipinski definition) is 0. The van der Waals surface area contributed by atoms with Gasteiger partial charge in [0.15, 0.2) is 0 Å². The predicted molar refractivity (Wildman–Crippen MR) is 73.0 cm³/mol. The molecule has 2 rings (SSSR count). The zero-order valence-electron chi connectivity index (χ0n) is 11.5. The molecule has 4 heteroatoms. The van der Waals surface area contributed by atoms with Gasteiger partial charge in [0, 0.05) is 19.7 Å². The van der Waals surface area contributed by atoms with Crippen molar-refractivity contribution in [2.75, 3.05) is 33.4 Å². The number of ether oxygens (including phenoxy) is 2. The summed E-state index contributed by atoms with van der Waals surface area (Å²) in [5.41, 5.74) is 0. The molecule has 0 aliphatic carbocycles. The number of benzene rings is 1. The Bertz CT molecular complexity index is 363. The van der Waals surface area contributed by atoms with Crippen LogP contribution in [0.5, 0.6) is 5.75 Å². The summed E-state index contributed by atoms with van der Waals surface area (Å²) in [6.45, 7) is 3.30. The molecule has 106 valence electrons. The molecule has 1 fully saturated rings. The minimum Gasteiger partial charge on any atom is -0.492 e. The molecular weight excluding hydrogens is 245 g/mol. The first-order valence-corrected chi connectivity index (χ1v) is 6.92. The van der Waals surface area contributed by atoms with Crippen molar-refractivity contribution in [3.05, 3.63) is 30.1 Å². The van der Waals surface area contributed by atoms with Crippen LogP contribution < -0.4 is 4.74 Å². The molecular formula is C15H22FNO2. The van der Waals surface area contributed by atoms with Gasteiger partial charge < -0.3 is 14.4 Å². The minimum absolute atomic E-state index is 0.237. The lowest BCUT2D eigenvalue weighted by Gasteiger charge is -2.27. The van der Waals surface area contributed by atoms with E-state index in [4.69, 9.17) is 9.47 Å². The summed E-state index contributed by atoms with van der Waals surface area (Å²) in [6, 6.07) is 6.13. The Balaban J connectivity index is 1.63. The molecule has 0 amide bonds. The predicted octanol–water partition coefficient (Wildman–Crippen LogP) is 2.71. The maximum Gasteiger partial charge on any atom is 0.123 e. The van der Waals surface area contributed by atoms with Gasteiger partial charge in [-0.05, 0) is 50.6 Å². The average molecular weight is 267 g/mol. The molecule has 1 aliphatic heterocycles. The van der Waals surface area contributed by atoms with E-state index in [2.05, 4.69) is 11.9 Å². The second kappa shape index (κ2) is 7.46. The standard InChI is InChI=1S/C15H22FNO2/c1-17(12-15-4-2-3-10-18-15)9-11-19-14-7-5-13(16)6-8-14/h5-8,15H,2-4,9-12H2,1H3. The molecule has 0 N–H and O–H groups in total. The molecule has 0 radical (unpaired) electrons. The van der Waals surface area contributed by atoms with Gasteiger partial charge in [0.25, 0.3) is 0 Å². The highest BCUT2D eigenvalue weighted by molar-refractivity contribution is 5.21. The van der Waals surface area contributed by atoms with Gasteiger partial charge >= 0.3 is 0 Å². The molecule has 1 unspecified atom stereocenters. The summed E-state index contributed by atoms with van der Waals surface area (Å²) in [4.78, 5) is 2.22. The fraction of sp³-hybridized carbons (Fsp3) is 0.600. The van der Waals surface area contributed by atoms with Crippen LogP contribution in [-0.2, 0) is 4.74 Å². The highest BCUT2D eigenvalue weighted by atomic mass is 19.1. The van der Waals surface area contributed by atoms with E-state index >= 15 is 0 Å². The van der Waals surface area contributed by atoms with E-state index in [0.29, 0.717) is 18.5 Å². The van der Waals surface area contributed by atoms with Crippen molar-refractivity contribution in [2.45, 2.75) is 25.4 Å². The normalized spacial score (nSPS) is 19.6. The van der Waals surface area contributed by atoms with Crippen LogP contribution in [0.25, 0.3) is 0 Å². The van der Waals surface area contributed by atoms with E-state index in [1.165, 1.54) is 25.0 Å². The third-order valence-electron chi connectivity index (χ3n) is 3.34. The van der Waals surface area contributed by atoms with Gasteiger partial charge in [0.1, 0.15) is 18.2 Å². The van der Waals surface area contributed by atoms with Crippen molar-refractivity contribution < 1.29 is 13.9 Å². The molecule has 1 aliphatic rings. The summed E-state index contributed by atoms with van der Waals surface area (Å²) < 4.78 is 24.0. The molecule has 1 atom stereocenters. The molecule has 1 aromatic carbocycles. The van der Waals surface area contributed by atoms with E-state index in [1.807, 2.05) is 0 Å². The van der Waals surface area contributed by atoms with Gasteiger partial charge in [-0.2, -0.15) is 0 Å². The maximum absolute atomic E-state index is 12.7. The van der Waals surface area contributed by atoms with Crippen LogP contribution in [0.15, 0.2) is 24.3 Å². The summed E-state index contributed by atoms with van der Waals surface area (Å²) in [7, 11) is 2.08. The van der Waals surface area contributed by atoms with Crippen LogP contribution in [0.4, 0.5) is 4.39 Å². The first-order valence-electron chi connectivity index (χ1n) is 6.92. The van der Waals surface area contributed by atoms with Gasteiger partial charge in [-0.15, -0.1) is 0 Å². The molecule has 0 spiro atoms. The molecule has 0 aromatic heterocycles. The van der Waals surface area contributed by atoms with Gasteiger partial charge in [-0.1, -0.05) is 0 Å². The Morgan fingerprint density at radius 1 is 1.32 bits per heavy atom. The Labute approximate surface area is 114 Å². The Hall–Kier alpha value is -1.13. The topological polar surface area (TPSA) is 21.7 Å². The quantitative estimate of drug-likeness (QED) is 0.791. The monoisotopic (exact) mass is 267 g/mol. The van der Waals surface area contributed by atoms with Gasteiger partial charge in [-0.25, -0.2) is 4.39 Å². The highest BCUT2D eigenvalue weighted by Gasteiger charge is 2.15. The van der Waals surface area contributed by atoms with Crippen LogP contribution in [0.3, 0.4) is 0 Å². The molecule has 19 heavy (non-hydrogen) atoms. The summed E-state index contributed by atoms with van der Waals surface area (Å²) in [5.74, 6) is 0.475. The third kappa shape index (κ3) is 5.17. The lowest BCUT2D eigenvalue weighted by molar-refractivity contribution is -0.00282. The molecule has 1 aromatic rings. The highest BCUT2D eigenvalue weighted by Crippen LogP contribution is 2.14. The Kier molecular flexibility index (Phi) is 5.61. The molecule has 1 heterocycles. The van der Waals surface area contributed by atoms with Crippen molar-refractivity contribution in [2.24, 2.45) is 0 Å². The minimum atomic E-state index is -0.237. The van der Waals surface area contributed by atoms with Gasteiger partial charge in [0.05, 0.1) is 6.10 Å². The number of halogens is 1. The Morgan fingerprint density at radius 2 is 2.11 bits per heavy atom. The van der Waals surface area contributed by atoms with E-state index in [-0.39, 0.29) is 5.82 Å². The molecule has 0 bridgehead atoms. The first-order chi connectivity index (χ1) is 9.24. The summed E-state index contributed by atoms with van der Waals surface area (Å²) in [6.07, 6.45) is 3.98. The van der Waals surface area contributed by atoms with Crippen molar-refractivity contribution in [3.63, 3.8) is 0 Å². The first kappa shape index (κ1) is 14.3. The molecule has 1 saturated heterocycles. The molecule has 0 saturated carbocycles. The van der Waals surface area contributed by atoms with E-state index in [0.717, 1.165) is 26.1 Å². The van der Waals surface area contributed by atoms with Gasteiger partial charge in [-0.3, -0.25) is 0 Å². The number of nitrogens with zero attached hydrogens (tertiary/aromatic N) is 1. The number of likely N-dealkylation sites (N-methyl/N-ethyl adjacent to an activating group) is 1. The van der Waals surface area contributed by atoms with E-state index < -0.39 is 0 Å². The van der Waals surface area contributed by atoms with Crippen molar-refractivity contribution in [3.8, 4) is 5.75 Å². The van der Waals surface area contributed by atoms with Crippen LogP contribution in [0.1, 0.15) is 19.3 Å². The number of rotatable bonds is 6. The third-order valence-corrected chi connectivity index (χ3v) is 3.34. The van der Waals surface area contributed by atoms with Crippen LogP contribution in [0.2, 0.25) is 0 Å². The van der Waals surface area contributed by atoms with Crippen LogP contribution in [0, 0.1) is 5.82 Å². The smallest absolute Gasteiger partial charge is 0.123 e. The van der Waals surface area contributed by atoms with Crippen LogP contribution >= 0.6 is 0 Å². The van der Waals surface area contributed by atoms with Gasteiger partial charge in [0.2, 0.25) is 0 Å². The van der Waals surface area contributed by atoms with Crippen molar-refractivity contribution in [1.82, 2.24) is 4.90 Å². The lowest BCUT2D eigenvalue weighted by atomic mass is 10.1. The van der Waals surface area contributed by atoms with Crippen molar-refractivity contribution >= 4 is 0 Å². The average Bonchev–Trinajstić information content (AvgIpc) is 2.42. The second-order valence-corrected chi connectivity index (χ2v) is 5.05. The fourth-order valence-electron chi connectivity index (χ4n) is 2.24. The molecule has 3 nitrogen and oxygen atoms in total.